The van der Waals surface area contributed by atoms with Crippen LogP contribution in [0.25, 0.3) is 0 Å². The monoisotopic (exact) mass is 350 g/mol. The van der Waals surface area contributed by atoms with E-state index in [4.69, 9.17) is 0 Å². The number of likely N-dealkylation sites (tertiary alicyclic amines) is 1. The van der Waals surface area contributed by atoms with Gasteiger partial charge in [-0.1, -0.05) is 0 Å². The molecule has 130 valence electrons. The third-order valence-corrected chi connectivity index (χ3v) is 6.09. The highest BCUT2D eigenvalue weighted by atomic mass is 32.2. The lowest BCUT2D eigenvalue weighted by Gasteiger charge is -2.38. The number of carbonyl (C=O) groups is 1. The Morgan fingerprint density at radius 2 is 1.92 bits per heavy atom. The summed E-state index contributed by atoms with van der Waals surface area (Å²) in [6.07, 6.45) is 4.37. The Morgan fingerprint density at radius 1 is 1.29 bits per heavy atom. The second-order valence-corrected chi connectivity index (χ2v) is 9.29. The molecule has 1 N–H and O–H groups in total. The van der Waals surface area contributed by atoms with Crippen molar-refractivity contribution in [3.63, 3.8) is 0 Å². The Labute approximate surface area is 143 Å². The molecule has 1 aliphatic heterocycles. The van der Waals surface area contributed by atoms with Crippen LogP contribution in [0.2, 0.25) is 0 Å². The molecule has 1 aliphatic carbocycles. The van der Waals surface area contributed by atoms with Crippen LogP contribution in [-0.2, 0) is 17.4 Å². The van der Waals surface area contributed by atoms with Crippen LogP contribution in [0.3, 0.4) is 0 Å². The number of carboxylic acid groups (broad SMARTS) is 1. The predicted molar refractivity (Wildman–Crippen MR) is 91.4 cm³/mol. The van der Waals surface area contributed by atoms with Crippen LogP contribution in [0, 0.1) is 5.41 Å². The van der Waals surface area contributed by atoms with E-state index in [1.165, 1.54) is 4.90 Å². The lowest BCUT2D eigenvalue weighted by Crippen LogP contribution is -2.45. The molecule has 1 saturated heterocycles. The molecule has 7 nitrogen and oxygen atoms in total. The van der Waals surface area contributed by atoms with Crippen molar-refractivity contribution >= 4 is 22.8 Å². The molecular weight excluding hydrogens is 328 g/mol. The molecule has 0 radical (unpaired) electrons. The van der Waals surface area contributed by atoms with Gasteiger partial charge in [0.1, 0.15) is 16.7 Å². The molecule has 2 heterocycles. The predicted octanol–water partition coefficient (Wildman–Crippen LogP) is 2.04. The highest BCUT2D eigenvalue weighted by molar-refractivity contribution is 7.85. The Bertz CT molecular complexity index is 718. The van der Waals surface area contributed by atoms with Gasteiger partial charge in [-0.2, -0.15) is 4.40 Å². The van der Waals surface area contributed by atoms with Gasteiger partial charge < -0.3 is 10.0 Å². The number of nitrogens with zero attached hydrogens (tertiary/aromatic N) is 4. The second kappa shape index (κ2) is 5.91. The fraction of sp³-hybridized carbons (Fsp3) is 0.625. The van der Waals surface area contributed by atoms with Gasteiger partial charge in [-0.05, 0) is 33.6 Å². The van der Waals surface area contributed by atoms with Gasteiger partial charge in [0.25, 0.3) is 0 Å². The fourth-order valence-corrected chi connectivity index (χ4v) is 3.97. The van der Waals surface area contributed by atoms with Crippen LogP contribution in [0.1, 0.15) is 45.0 Å². The molecule has 1 atom stereocenters. The highest BCUT2D eigenvalue weighted by Crippen LogP contribution is 2.44. The van der Waals surface area contributed by atoms with Crippen LogP contribution < -0.4 is 0 Å². The first-order chi connectivity index (χ1) is 11.2. The first-order valence-electron chi connectivity index (χ1n) is 8.02. The van der Waals surface area contributed by atoms with Crippen LogP contribution >= 0.6 is 0 Å². The molecule has 3 rings (SSSR count). The average molecular weight is 350 g/mol. The molecule has 1 aromatic rings. The van der Waals surface area contributed by atoms with E-state index in [0.717, 1.165) is 17.1 Å². The van der Waals surface area contributed by atoms with Crippen LogP contribution in [0.15, 0.2) is 16.8 Å². The van der Waals surface area contributed by atoms with Gasteiger partial charge >= 0.3 is 6.09 Å². The van der Waals surface area contributed by atoms with E-state index in [0.29, 0.717) is 32.4 Å². The molecule has 0 unspecified atom stereocenters. The van der Waals surface area contributed by atoms with Crippen molar-refractivity contribution in [2.75, 3.05) is 13.1 Å². The summed E-state index contributed by atoms with van der Waals surface area (Å²) >= 11 is 0. The number of rotatable bonds is 1. The third kappa shape index (κ3) is 2.94. The maximum absolute atomic E-state index is 12.6. The summed E-state index contributed by atoms with van der Waals surface area (Å²) in [5.41, 5.74) is 2.02. The molecule has 1 fully saturated rings. The Morgan fingerprint density at radius 3 is 2.50 bits per heavy atom. The average Bonchev–Trinajstić information content (AvgIpc) is 2.80. The van der Waals surface area contributed by atoms with Crippen LogP contribution in [-0.4, -0.2) is 53.8 Å². The molecule has 24 heavy (non-hydrogen) atoms. The van der Waals surface area contributed by atoms with Crippen molar-refractivity contribution in [2.24, 2.45) is 9.81 Å². The minimum Gasteiger partial charge on any atom is -0.465 e. The maximum atomic E-state index is 12.6. The molecule has 1 spiro atoms. The van der Waals surface area contributed by atoms with Crippen molar-refractivity contribution in [1.29, 1.82) is 0 Å². The zero-order valence-corrected chi connectivity index (χ0v) is 15.0. The number of hydrogen-bond acceptors (Lipinski definition) is 4. The maximum Gasteiger partial charge on any atom is 0.407 e. The van der Waals surface area contributed by atoms with Crippen molar-refractivity contribution in [3.05, 3.63) is 23.8 Å². The van der Waals surface area contributed by atoms with Gasteiger partial charge in [0.15, 0.2) is 0 Å². The van der Waals surface area contributed by atoms with Gasteiger partial charge in [0, 0.05) is 37.3 Å². The van der Waals surface area contributed by atoms with Gasteiger partial charge in [0.05, 0.1) is 16.2 Å². The van der Waals surface area contributed by atoms with Crippen LogP contribution in [0.4, 0.5) is 4.79 Å². The standard InChI is InChI=1S/C16H22N4O3S/c1-15(2,3)24(23)19-13-12-11(17-6-7-18-12)10-16(13)4-8-20(9-5-16)14(21)22/h6-7H,4-5,8-10H2,1-3H3,(H,21,22)/t24-/m1/s1. The summed E-state index contributed by atoms with van der Waals surface area (Å²) in [5.74, 6) is 0. The molecule has 8 heteroatoms. The normalized spacial score (nSPS) is 22.6. The summed E-state index contributed by atoms with van der Waals surface area (Å²) in [4.78, 5) is 21.4. The number of fused-ring (bicyclic) bond motifs is 1. The topological polar surface area (TPSA) is 95.8 Å². The number of piperidine rings is 1. The van der Waals surface area contributed by atoms with E-state index >= 15 is 0 Å². The Kier molecular flexibility index (Phi) is 4.19. The number of hydrogen-bond donors (Lipinski definition) is 1. The van der Waals surface area contributed by atoms with Crippen LogP contribution in [0.5, 0.6) is 0 Å². The summed E-state index contributed by atoms with van der Waals surface area (Å²) in [7, 11) is -1.39. The largest absolute Gasteiger partial charge is 0.465 e. The minimum absolute atomic E-state index is 0.309. The number of amides is 1. The molecule has 0 aromatic carbocycles. The minimum atomic E-state index is -1.39. The zero-order chi connectivity index (χ0) is 17.5. The third-order valence-electron chi connectivity index (χ3n) is 4.70. The second-order valence-electron chi connectivity index (χ2n) is 7.38. The van der Waals surface area contributed by atoms with Crippen molar-refractivity contribution in [3.8, 4) is 0 Å². The number of aromatic nitrogens is 2. The van der Waals surface area contributed by atoms with Crippen molar-refractivity contribution in [2.45, 2.75) is 44.8 Å². The highest BCUT2D eigenvalue weighted by Gasteiger charge is 2.48. The smallest absolute Gasteiger partial charge is 0.407 e. The van der Waals surface area contributed by atoms with Gasteiger partial charge in [-0.15, -0.1) is 0 Å². The lowest BCUT2D eigenvalue weighted by atomic mass is 9.75. The molecular formula is C16H22N4O3S. The first-order valence-corrected chi connectivity index (χ1v) is 9.13. The molecule has 0 bridgehead atoms. The van der Waals surface area contributed by atoms with E-state index in [1.54, 1.807) is 12.4 Å². The zero-order valence-electron chi connectivity index (χ0n) is 14.2. The Balaban J connectivity index is 1.99. The summed E-state index contributed by atoms with van der Waals surface area (Å²) < 4.78 is 16.7. The molecule has 1 amide bonds. The summed E-state index contributed by atoms with van der Waals surface area (Å²) in [6.45, 7) is 6.56. The van der Waals surface area contributed by atoms with Crippen molar-refractivity contribution in [1.82, 2.24) is 14.9 Å². The summed E-state index contributed by atoms with van der Waals surface area (Å²) in [5, 5.41) is 9.18. The SMILES string of the molecule is CC(C)(C)[S@@](=O)N=C1c2nccnc2CC12CCN(C(=O)O)CC2. The fourth-order valence-electron chi connectivity index (χ4n) is 3.25. The molecule has 1 aromatic heterocycles. The lowest BCUT2D eigenvalue weighted by molar-refractivity contribution is 0.114. The van der Waals surface area contributed by atoms with Gasteiger partial charge in [0.2, 0.25) is 0 Å². The van der Waals surface area contributed by atoms with Crippen molar-refractivity contribution < 1.29 is 14.1 Å². The quantitative estimate of drug-likeness (QED) is 0.836. The first kappa shape index (κ1) is 17.0. The molecule has 2 aliphatic rings. The Hall–Kier alpha value is -1.83. The van der Waals surface area contributed by atoms with E-state index in [-0.39, 0.29) is 5.41 Å². The van der Waals surface area contributed by atoms with Gasteiger partial charge in [-0.3, -0.25) is 9.97 Å². The van der Waals surface area contributed by atoms with E-state index < -0.39 is 21.8 Å². The van der Waals surface area contributed by atoms with E-state index in [9.17, 15) is 14.1 Å². The summed E-state index contributed by atoms with van der Waals surface area (Å²) in [6, 6.07) is 0. The van der Waals surface area contributed by atoms with E-state index in [2.05, 4.69) is 14.4 Å². The van der Waals surface area contributed by atoms with Gasteiger partial charge in [-0.25, -0.2) is 9.00 Å². The van der Waals surface area contributed by atoms with E-state index in [1.807, 2.05) is 20.8 Å². The molecule has 0 saturated carbocycles.